The number of nitrogen functional groups attached to an aromatic ring is 1. The third kappa shape index (κ3) is 57.7. The van der Waals surface area contributed by atoms with E-state index in [2.05, 4.69) is 75.9 Å². The monoisotopic (exact) mass is 1300 g/mol. The summed E-state index contributed by atoms with van der Waals surface area (Å²) >= 11 is 0. The van der Waals surface area contributed by atoms with Crippen molar-refractivity contribution in [2.24, 2.45) is 29.2 Å². The first-order valence-corrected chi connectivity index (χ1v) is 30.6. The molecule has 0 unspecified atom stereocenters. The van der Waals surface area contributed by atoms with Crippen LogP contribution in [0.2, 0.25) is 0 Å². The third-order valence-electron chi connectivity index (χ3n) is 11.4. The number of nitrogens with one attached hydrogen (secondary N) is 6. The minimum atomic E-state index is -0.575. The molecule has 3 aromatic carbocycles. The van der Waals surface area contributed by atoms with Gasteiger partial charge >= 0.3 is 53.9 Å². The van der Waals surface area contributed by atoms with Crippen LogP contribution in [0.1, 0.15) is 114 Å². The van der Waals surface area contributed by atoms with Crippen molar-refractivity contribution in [3.05, 3.63) is 127 Å². The second-order valence-corrected chi connectivity index (χ2v) is 24.6. The van der Waals surface area contributed by atoms with Gasteiger partial charge in [-0.3, -0.25) is 0 Å². The number of carbonyl (C=O) groups is 5. The molecule has 0 atom stereocenters. The van der Waals surface area contributed by atoms with Crippen molar-refractivity contribution in [3.8, 4) is 0 Å². The van der Waals surface area contributed by atoms with Gasteiger partial charge in [0.2, 0.25) is 0 Å². The Morgan fingerprint density at radius 2 is 0.783 bits per heavy atom. The number of benzene rings is 3. The molecule has 0 aliphatic carbocycles. The topological polar surface area (TPSA) is 320 Å². The normalized spacial score (nSPS) is 10.8. The first kappa shape index (κ1) is 92.3. The average molecular weight is 1300 g/mol. The number of hydrogen-bond acceptors (Lipinski definition) is 18. The van der Waals surface area contributed by atoms with E-state index in [0.29, 0.717) is 103 Å². The van der Waals surface area contributed by atoms with Gasteiger partial charge in [-0.2, -0.15) is 0 Å². The van der Waals surface area contributed by atoms with Crippen molar-refractivity contribution >= 4 is 56.1 Å². The standard InChI is InChI=1S/C25H41N3O5.C20H33N3O4.C15H25N3O.C7H12O2.CH4O.B.Na.H/c1-8-14-31-15-13-26-21-11-9-19(10-12-21)16-20(17-27-22(29)32-24(2,3)4)18-28-23(30)33-25(5,6)7;1-19(2,3)26-17(24)22-12-15(11-14-7-9-16(21)10-8-14)13-23-18(25)27-20(4,5)6;1-2-8-19-9-7-18-15-5-3-13(4-6-15)10-14(11-16)12-17;1-2-3-4-6-9-7-5-8;1-2;;;/h8-12,20,26H,1,13-18H2,2-7H3,(H,27,29)(H,28,30);7-10,15H,11-13,21H2,1-6H3,(H,22,24)(H,23,25);2-6,14,18H,1,7-12,16-17H2;2,5H,1,3-4,6-7H2;2H,1H3;;;/q;;;;;;+1;-1. The largest absolute Gasteiger partial charge is 1.00 e. The Morgan fingerprint density at radius 3 is 1.05 bits per heavy atom. The fraction of sp³-hybridized carbons (Fsp3) is 0.574. The molecule has 0 bridgehead atoms. The van der Waals surface area contributed by atoms with Crippen LogP contribution in [0.25, 0.3) is 0 Å². The Kier molecular flexibility index (Phi) is 54.4. The summed E-state index contributed by atoms with van der Waals surface area (Å²) < 4.78 is 36.7. The molecule has 0 saturated heterocycles. The fourth-order valence-corrected chi connectivity index (χ4v) is 7.36. The van der Waals surface area contributed by atoms with Gasteiger partial charge in [-0.05, 0) is 199 Å². The Hall–Kier alpha value is -6.15. The number of allylic oxidation sites excluding steroid dienone is 1. The predicted octanol–water partition coefficient (Wildman–Crippen LogP) is 6.88. The molecule has 515 valence electrons. The average Bonchev–Trinajstić information content (AvgIpc) is 2.56. The minimum Gasteiger partial charge on any atom is -1.00 e. The van der Waals surface area contributed by atoms with Crippen LogP contribution in [0, 0.1) is 17.8 Å². The zero-order valence-corrected chi connectivity index (χ0v) is 60.2. The number of rotatable bonds is 34. The Bertz CT molecular complexity index is 2330. The number of ether oxygens (including phenoxy) is 7. The quantitative estimate of drug-likeness (QED) is 0.00728. The summed E-state index contributed by atoms with van der Waals surface area (Å²) in [5.74, 6) is 0.288. The molecule has 92 heavy (non-hydrogen) atoms. The summed E-state index contributed by atoms with van der Waals surface area (Å²) in [4.78, 5) is 57.7. The number of anilines is 3. The molecule has 0 heterocycles. The van der Waals surface area contributed by atoms with E-state index in [-0.39, 0.29) is 57.8 Å². The van der Waals surface area contributed by atoms with Crippen LogP contribution in [0.3, 0.4) is 0 Å². The Morgan fingerprint density at radius 1 is 0.489 bits per heavy atom. The van der Waals surface area contributed by atoms with E-state index < -0.39 is 46.8 Å². The summed E-state index contributed by atoms with van der Waals surface area (Å²) in [5, 5.41) is 24.7. The van der Waals surface area contributed by atoms with E-state index >= 15 is 0 Å². The number of aliphatic hydroxyl groups excluding tert-OH is 1. The third-order valence-corrected chi connectivity index (χ3v) is 11.4. The van der Waals surface area contributed by atoms with Gasteiger partial charge in [-0.1, -0.05) is 54.6 Å². The summed E-state index contributed by atoms with van der Waals surface area (Å²) in [6.07, 6.45) is 8.31. The van der Waals surface area contributed by atoms with E-state index in [4.69, 9.17) is 55.5 Å². The molecule has 4 amide bonds. The summed E-state index contributed by atoms with van der Waals surface area (Å²) in [6, 6.07) is 24.0. The Labute approximate surface area is 577 Å². The van der Waals surface area contributed by atoms with Gasteiger partial charge in [-0.25, -0.2) is 19.2 Å². The smallest absolute Gasteiger partial charge is 1.00 e. The molecule has 0 aliphatic heterocycles. The second kappa shape index (κ2) is 54.3. The molecule has 22 nitrogen and oxygen atoms in total. The van der Waals surface area contributed by atoms with Gasteiger partial charge in [-0.15, -0.1) is 19.7 Å². The van der Waals surface area contributed by atoms with Crippen molar-refractivity contribution in [3.63, 3.8) is 0 Å². The zero-order valence-electron chi connectivity index (χ0n) is 59.2. The maximum atomic E-state index is 12.1. The molecule has 0 fully saturated rings. The van der Waals surface area contributed by atoms with Crippen LogP contribution < -0.4 is 78.7 Å². The Balaban J connectivity index is -0.000000388. The number of unbranched alkanes of at least 4 members (excludes halogenated alkanes) is 1. The number of aliphatic hydroxyl groups is 1. The molecule has 24 heteroatoms. The molecule has 0 spiro atoms. The van der Waals surface area contributed by atoms with Crippen LogP contribution in [0.5, 0.6) is 0 Å². The fourth-order valence-electron chi connectivity index (χ4n) is 7.36. The summed E-state index contributed by atoms with van der Waals surface area (Å²) in [6.45, 7) is 40.0. The molecule has 0 aliphatic rings. The number of carbonyl (C=O) groups excluding carboxylic acids is 5. The van der Waals surface area contributed by atoms with E-state index in [1.807, 2.05) is 138 Å². The van der Waals surface area contributed by atoms with Crippen molar-refractivity contribution in [1.29, 1.82) is 0 Å². The zero-order chi connectivity index (χ0) is 68.4. The van der Waals surface area contributed by atoms with Crippen LogP contribution in [0.15, 0.2) is 111 Å². The molecule has 3 aromatic rings. The predicted molar refractivity (Wildman–Crippen MR) is 371 cm³/mol. The second-order valence-electron chi connectivity index (χ2n) is 24.6. The van der Waals surface area contributed by atoms with E-state index in [1.165, 1.54) is 5.56 Å². The SMILES string of the molecule is C=CCCCOCC=O.C=CCOCCNc1ccc(CC(CN)CN)cc1.C=CCOCCNc1ccc(CC(CNC(=O)OC(C)(C)C)CNC(=O)OC(C)(C)C)cc1.CC(C)(C)OC(=O)NCC(CNC(=O)OC(C)(C)C)Cc1ccc(N)cc1.CO.[B].[H-].[Na+]. The van der Waals surface area contributed by atoms with Crippen LogP contribution in [-0.4, -0.2) is 166 Å². The summed E-state index contributed by atoms with van der Waals surface area (Å²) in [5.41, 5.74) is 21.0. The number of alkyl carbamates (subject to hydrolysis) is 4. The van der Waals surface area contributed by atoms with E-state index in [9.17, 15) is 24.0 Å². The molecule has 3 radical (unpaired) electrons. The number of nitrogens with two attached hydrogens (primary N) is 3. The van der Waals surface area contributed by atoms with Gasteiger partial charge in [0, 0.05) is 78.5 Å². The maximum Gasteiger partial charge on any atom is 1.00 e. The molecule has 3 rings (SSSR count). The number of hydrogen-bond donors (Lipinski definition) is 10. The maximum absolute atomic E-state index is 12.1. The van der Waals surface area contributed by atoms with Crippen molar-refractivity contribution < 1.29 is 93.2 Å². The molecular weight excluding hydrogens is 1180 g/mol. The van der Waals surface area contributed by atoms with Crippen LogP contribution in [0.4, 0.5) is 36.2 Å². The van der Waals surface area contributed by atoms with Crippen molar-refractivity contribution in [1.82, 2.24) is 21.3 Å². The number of aldehydes is 1. The summed E-state index contributed by atoms with van der Waals surface area (Å²) in [7, 11) is 1.00. The van der Waals surface area contributed by atoms with Crippen LogP contribution in [-0.2, 0) is 57.2 Å². The molecule has 0 saturated carbocycles. The van der Waals surface area contributed by atoms with Gasteiger partial charge in [0.15, 0.2) is 0 Å². The van der Waals surface area contributed by atoms with Crippen molar-refractivity contribution in [2.75, 3.05) is 115 Å². The number of amides is 4. The first-order chi connectivity index (χ1) is 42.4. The van der Waals surface area contributed by atoms with Gasteiger partial charge in [0.25, 0.3) is 0 Å². The first-order valence-electron chi connectivity index (χ1n) is 30.6. The van der Waals surface area contributed by atoms with Gasteiger partial charge in [0.1, 0.15) is 35.3 Å². The van der Waals surface area contributed by atoms with Crippen molar-refractivity contribution in [2.45, 2.75) is 138 Å². The van der Waals surface area contributed by atoms with Gasteiger partial charge in [0.05, 0.1) is 26.4 Å². The molecule has 0 aromatic heterocycles. The van der Waals surface area contributed by atoms with Crippen LogP contribution >= 0.6 is 0 Å². The molecule has 13 N–H and O–H groups in total. The van der Waals surface area contributed by atoms with E-state index in [0.717, 1.165) is 61.7 Å². The van der Waals surface area contributed by atoms with Gasteiger partial charge < -0.3 is 93.6 Å². The minimum absolute atomic E-state index is 0. The molecular formula is C68H116BN9NaO13. The van der Waals surface area contributed by atoms with E-state index in [1.54, 1.807) is 12.2 Å².